The van der Waals surface area contributed by atoms with Crippen LogP contribution in [0.5, 0.6) is 0 Å². The van der Waals surface area contributed by atoms with Gasteiger partial charge in [0.15, 0.2) is 17.4 Å². The SMILES string of the molecule is CC(C)C(=O)Nc1nc2c(ncn2[C@@H]2O[C@@H]3COP(=O)(S)O[C@H]4C[C@H](Nc5ccncn5)C[C@@H]4COP(=O)(OCCC#N)O[C@@H]2[C@@H]3C)c(=O)[nH]1. The van der Waals surface area contributed by atoms with Gasteiger partial charge in [0, 0.05) is 30.0 Å². The molecular weight excluding hydrogens is 716 g/mol. The molecule has 0 aromatic carbocycles. The average Bonchev–Trinajstić information content (AvgIpc) is 3.74. The maximum absolute atomic E-state index is 14.4. The minimum Gasteiger partial charge on any atom is -0.367 e. The fourth-order valence-corrected chi connectivity index (χ4v) is 8.99. The Labute approximate surface area is 291 Å². The third-order valence-electron chi connectivity index (χ3n) is 8.57. The molecule has 19 nitrogen and oxygen atoms in total. The van der Waals surface area contributed by atoms with E-state index < -0.39 is 62.5 Å². The molecule has 5 heterocycles. The molecule has 2 unspecified atom stereocenters. The van der Waals surface area contributed by atoms with Gasteiger partial charge < -0.3 is 10.1 Å². The van der Waals surface area contributed by atoms with Crippen LogP contribution in [0.25, 0.3) is 11.2 Å². The van der Waals surface area contributed by atoms with Crippen LogP contribution in [0.1, 0.15) is 46.3 Å². The number of aromatic amines is 1. The zero-order valence-electron chi connectivity index (χ0n) is 27.3. The Kier molecular flexibility index (Phi) is 11.1. The van der Waals surface area contributed by atoms with Crippen molar-refractivity contribution in [2.75, 3.05) is 30.5 Å². The molecule has 3 N–H and O–H groups in total. The molecule has 3 aromatic heterocycles. The van der Waals surface area contributed by atoms with Gasteiger partial charge in [-0.2, -0.15) is 10.2 Å². The predicted octanol–water partition coefficient (Wildman–Crippen LogP) is 3.82. The Morgan fingerprint density at radius 2 is 2.04 bits per heavy atom. The Morgan fingerprint density at radius 1 is 1.22 bits per heavy atom. The number of H-pyrrole nitrogens is 1. The van der Waals surface area contributed by atoms with Crippen molar-refractivity contribution >= 4 is 55.7 Å². The highest BCUT2D eigenvalue weighted by Crippen LogP contribution is 2.60. The normalized spacial score (nSPS) is 33.2. The molecule has 2 aliphatic heterocycles. The molecule has 270 valence electrons. The highest BCUT2D eigenvalue weighted by molar-refractivity contribution is 8.44. The molecule has 2 bridgehead atoms. The maximum Gasteiger partial charge on any atom is 0.475 e. The Morgan fingerprint density at radius 3 is 2.78 bits per heavy atom. The van der Waals surface area contributed by atoms with Gasteiger partial charge in [-0.05, 0) is 18.9 Å². The molecule has 2 saturated heterocycles. The lowest BCUT2D eigenvalue weighted by Gasteiger charge is -2.28. The second kappa shape index (κ2) is 15.2. The van der Waals surface area contributed by atoms with Crippen LogP contribution in [-0.2, 0) is 41.3 Å². The quantitative estimate of drug-likeness (QED) is 0.145. The lowest BCUT2D eigenvalue weighted by atomic mass is 10.0. The van der Waals surface area contributed by atoms with Gasteiger partial charge in [-0.1, -0.05) is 33.0 Å². The summed E-state index contributed by atoms with van der Waals surface area (Å²) in [6.45, 7) is 0.379. The topological polar surface area (TPSA) is 244 Å². The summed E-state index contributed by atoms with van der Waals surface area (Å²) in [7, 11) is -4.44. The van der Waals surface area contributed by atoms with Crippen LogP contribution in [0.15, 0.2) is 29.7 Å². The van der Waals surface area contributed by atoms with E-state index in [1.165, 1.54) is 17.2 Å². The molecule has 50 heavy (non-hydrogen) atoms. The van der Waals surface area contributed by atoms with E-state index in [0.717, 1.165) is 0 Å². The summed E-state index contributed by atoms with van der Waals surface area (Å²) in [5, 5.41) is 15.0. The second-order valence-electron chi connectivity index (χ2n) is 12.4. The number of nitriles is 1. The van der Waals surface area contributed by atoms with Crippen LogP contribution in [0.3, 0.4) is 0 Å². The summed E-state index contributed by atoms with van der Waals surface area (Å²) in [5.41, 5.74) is -0.660. The zero-order valence-corrected chi connectivity index (χ0v) is 30.0. The number of phosphoric acid groups is 1. The van der Waals surface area contributed by atoms with E-state index in [1.807, 2.05) is 6.07 Å². The van der Waals surface area contributed by atoms with E-state index >= 15 is 0 Å². The first-order valence-corrected chi connectivity index (χ1v) is 20.1. The van der Waals surface area contributed by atoms with E-state index in [4.69, 9.17) is 32.6 Å². The average molecular weight is 754 g/mol. The first-order chi connectivity index (χ1) is 23.8. The van der Waals surface area contributed by atoms with Crippen molar-refractivity contribution < 1.29 is 41.3 Å². The number of thiol groups is 1. The maximum atomic E-state index is 14.4. The summed E-state index contributed by atoms with van der Waals surface area (Å²) in [6.07, 6.45) is 1.22. The number of aromatic nitrogens is 6. The van der Waals surface area contributed by atoms with Gasteiger partial charge >= 0.3 is 14.6 Å². The summed E-state index contributed by atoms with van der Waals surface area (Å²) >= 11 is 4.26. The Bertz CT molecular complexity index is 1890. The van der Waals surface area contributed by atoms with E-state index in [9.17, 15) is 18.7 Å². The second-order valence-corrected chi connectivity index (χ2v) is 16.9. The number of imidazole rings is 1. The monoisotopic (exact) mass is 753 g/mol. The van der Waals surface area contributed by atoms with Crippen molar-refractivity contribution in [1.29, 1.82) is 5.26 Å². The van der Waals surface area contributed by atoms with E-state index in [2.05, 4.69) is 47.8 Å². The fourth-order valence-electron chi connectivity index (χ4n) is 5.95. The van der Waals surface area contributed by atoms with Crippen molar-refractivity contribution in [1.82, 2.24) is 29.5 Å². The lowest BCUT2D eigenvalue weighted by Crippen LogP contribution is -2.29. The number of phosphoric ester groups is 1. The van der Waals surface area contributed by atoms with Crippen molar-refractivity contribution in [2.24, 2.45) is 17.8 Å². The number of nitrogens with one attached hydrogen (secondary N) is 3. The molecule has 0 radical (unpaired) electrons. The highest BCUT2D eigenvalue weighted by atomic mass is 32.7. The number of carbonyl (C=O) groups is 1. The molecule has 1 aliphatic carbocycles. The minimum absolute atomic E-state index is 0.0293. The Hall–Kier alpha value is -3.24. The lowest BCUT2D eigenvalue weighted by molar-refractivity contribution is -0.118. The third-order valence-corrected chi connectivity index (χ3v) is 11.7. The third kappa shape index (κ3) is 8.28. The van der Waals surface area contributed by atoms with E-state index in [1.54, 1.807) is 33.0 Å². The molecule has 22 heteroatoms. The first kappa shape index (κ1) is 36.5. The number of amides is 1. The number of nitrogens with zero attached hydrogens (tertiary/aromatic N) is 6. The van der Waals surface area contributed by atoms with Crippen LogP contribution in [0, 0.1) is 29.1 Å². The largest absolute Gasteiger partial charge is 0.475 e. The van der Waals surface area contributed by atoms with Crippen LogP contribution in [-0.4, -0.2) is 79.6 Å². The summed E-state index contributed by atoms with van der Waals surface area (Å²) in [6, 6.07) is 3.44. The predicted molar refractivity (Wildman–Crippen MR) is 179 cm³/mol. The first-order valence-electron chi connectivity index (χ1n) is 15.9. The summed E-state index contributed by atoms with van der Waals surface area (Å²) in [5.74, 6) is -1.40. The van der Waals surface area contributed by atoms with Gasteiger partial charge in [-0.25, -0.2) is 24.1 Å². The smallest absolute Gasteiger partial charge is 0.367 e. The number of carbonyl (C=O) groups excluding carboxylic acids is 1. The summed E-state index contributed by atoms with van der Waals surface area (Å²) < 4.78 is 65.2. The molecule has 6 rings (SSSR count). The molecule has 0 spiro atoms. The number of hydrogen-bond acceptors (Lipinski definition) is 16. The van der Waals surface area contributed by atoms with E-state index in [0.29, 0.717) is 18.7 Å². The van der Waals surface area contributed by atoms with Crippen molar-refractivity contribution in [2.45, 2.75) is 70.6 Å². The Balaban J connectivity index is 1.32. The fraction of sp³-hybridized carbons (Fsp3) is 0.607. The van der Waals surface area contributed by atoms with Gasteiger partial charge in [0.2, 0.25) is 11.9 Å². The molecule has 9 atom stereocenters. The number of hydrogen-bond donors (Lipinski definition) is 4. The van der Waals surface area contributed by atoms with E-state index in [-0.39, 0.29) is 55.3 Å². The van der Waals surface area contributed by atoms with Crippen LogP contribution in [0.2, 0.25) is 0 Å². The molecule has 1 saturated carbocycles. The molecule has 1 amide bonds. The van der Waals surface area contributed by atoms with Gasteiger partial charge in [-0.15, -0.1) is 0 Å². The standard InChI is InChI=1S/C28H37N9O10P2S/c1-15(2)25(38)35-28-34-24-22(26(39)36-28)32-14-37(24)27-23-16(3)20(45-27)12-44-49(41,50)46-19-10-18(33-21-5-7-30-13-31-21)9-17(19)11-43-48(40,47-23)42-8-4-6-29/h5,7,13-20,23,27H,4,8-12H2,1-3H3,(H,41,50)(H,30,31,33)(H2,34,35,36,38,39)/t16-,17-,18-,19+,20-,23-,27-,48?,49?/m1/s1. The van der Waals surface area contributed by atoms with Crippen LogP contribution < -0.4 is 16.2 Å². The number of fused-ring (bicyclic) bond motifs is 4. The number of rotatable bonds is 8. The molecule has 3 aromatic rings. The number of ether oxygens (including phenoxy) is 1. The van der Waals surface area contributed by atoms with Crippen molar-refractivity contribution in [3.63, 3.8) is 0 Å². The number of anilines is 2. The van der Waals surface area contributed by atoms with Gasteiger partial charge in [0.05, 0.1) is 50.8 Å². The van der Waals surface area contributed by atoms with Gasteiger partial charge in [0.1, 0.15) is 18.2 Å². The van der Waals surface area contributed by atoms with Crippen molar-refractivity contribution in [3.8, 4) is 6.07 Å². The zero-order chi connectivity index (χ0) is 35.6. The minimum atomic E-state index is -4.44. The molecule has 3 fully saturated rings. The van der Waals surface area contributed by atoms with Gasteiger partial charge in [0.25, 0.3) is 5.56 Å². The van der Waals surface area contributed by atoms with Crippen LogP contribution >= 0.6 is 26.9 Å². The molecule has 3 aliphatic rings. The highest BCUT2D eigenvalue weighted by Gasteiger charge is 2.51. The van der Waals surface area contributed by atoms with Crippen LogP contribution in [0.4, 0.5) is 11.8 Å². The van der Waals surface area contributed by atoms with Gasteiger partial charge in [-0.3, -0.25) is 47.1 Å². The summed E-state index contributed by atoms with van der Waals surface area (Å²) in [4.78, 5) is 44.5. The molecular formula is C28H37N9O10P2S. The van der Waals surface area contributed by atoms with Crippen molar-refractivity contribution in [3.05, 3.63) is 35.3 Å².